The molecule has 0 bridgehead atoms. The zero-order valence-corrected chi connectivity index (χ0v) is 13.1. The van der Waals surface area contributed by atoms with Gasteiger partial charge in [-0.2, -0.15) is 0 Å². The van der Waals surface area contributed by atoms with Gasteiger partial charge in [-0.15, -0.1) is 12.3 Å². The van der Waals surface area contributed by atoms with Crippen molar-refractivity contribution in [3.63, 3.8) is 0 Å². The summed E-state index contributed by atoms with van der Waals surface area (Å²) in [5.74, 6) is 2.97. The van der Waals surface area contributed by atoms with Gasteiger partial charge in [0, 0.05) is 41.2 Å². The summed E-state index contributed by atoms with van der Waals surface area (Å²) in [6.45, 7) is 2.73. The Hall–Kier alpha value is 0.730. The topological polar surface area (TPSA) is 27.7 Å². The van der Waals surface area contributed by atoms with E-state index in [-0.39, 0.29) is 12.2 Å². The molecular formula is C10H21O3P3. The largest absolute Gasteiger partial charge is 0.366 e. The summed E-state index contributed by atoms with van der Waals surface area (Å²) in [6.07, 6.45) is 7.85. The SMILES string of the molecule is C#CCC(C)[C@@H](C[C@H](CCOP)OP)OP. The van der Waals surface area contributed by atoms with Crippen molar-refractivity contribution in [2.75, 3.05) is 6.61 Å². The zero-order valence-electron chi connectivity index (χ0n) is 9.59. The Morgan fingerprint density at radius 3 is 2.38 bits per heavy atom. The Labute approximate surface area is 106 Å². The predicted molar refractivity (Wildman–Crippen MR) is 76.7 cm³/mol. The molecule has 16 heavy (non-hydrogen) atoms. The summed E-state index contributed by atoms with van der Waals surface area (Å²) >= 11 is 0. The van der Waals surface area contributed by atoms with Crippen LogP contribution in [0, 0.1) is 18.3 Å². The van der Waals surface area contributed by atoms with Crippen LogP contribution in [0.2, 0.25) is 0 Å². The molecular weight excluding hydrogens is 261 g/mol. The fourth-order valence-electron chi connectivity index (χ4n) is 1.44. The first-order valence-corrected chi connectivity index (χ1v) is 6.57. The molecule has 0 spiro atoms. The Kier molecular flexibility index (Phi) is 11.4. The molecule has 6 atom stereocenters. The highest BCUT2D eigenvalue weighted by atomic mass is 31.0. The number of hydrogen-bond donors (Lipinski definition) is 0. The molecule has 0 radical (unpaired) electrons. The summed E-state index contributed by atoms with van der Waals surface area (Å²) < 4.78 is 15.6. The second-order valence-electron chi connectivity index (χ2n) is 3.71. The maximum absolute atomic E-state index is 5.36. The maximum atomic E-state index is 5.36. The van der Waals surface area contributed by atoms with Crippen molar-refractivity contribution in [3.8, 4) is 12.3 Å². The second-order valence-corrected chi connectivity index (χ2v) is 4.59. The van der Waals surface area contributed by atoms with Crippen LogP contribution in [0.3, 0.4) is 0 Å². The van der Waals surface area contributed by atoms with Crippen LogP contribution in [-0.2, 0) is 13.6 Å². The van der Waals surface area contributed by atoms with Crippen molar-refractivity contribution >= 4 is 28.4 Å². The molecule has 0 N–H and O–H groups in total. The lowest BCUT2D eigenvalue weighted by Gasteiger charge is -2.25. The van der Waals surface area contributed by atoms with Crippen molar-refractivity contribution < 1.29 is 13.6 Å². The van der Waals surface area contributed by atoms with Crippen molar-refractivity contribution in [2.45, 2.75) is 38.4 Å². The summed E-state index contributed by atoms with van der Waals surface area (Å²) in [5, 5.41) is 0. The molecule has 0 saturated heterocycles. The van der Waals surface area contributed by atoms with Crippen LogP contribution in [0.1, 0.15) is 26.2 Å². The van der Waals surface area contributed by atoms with Crippen LogP contribution in [0.25, 0.3) is 0 Å². The zero-order chi connectivity index (χ0) is 12.4. The lowest BCUT2D eigenvalue weighted by Crippen LogP contribution is -2.25. The minimum Gasteiger partial charge on any atom is -0.366 e. The Bertz CT molecular complexity index is 208. The van der Waals surface area contributed by atoms with Crippen LogP contribution >= 0.6 is 28.4 Å². The minimum absolute atomic E-state index is 0.0936. The number of rotatable bonds is 9. The standard InChI is InChI=1S/C10H21O3P3/c1-3-4-8(2)10(13-16)7-9(12-15)5-6-11-14/h1,8-10H,4-7,14-16H2,2H3/t8?,9-,10+/m0/s1. The average molecular weight is 282 g/mol. The highest BCUT2D eigenvalue weighted by Gasteiger charge is 2.21. The Balaban J connectivity index is 4.11. The van der Waals surface area contributed by atoms with Crippen LogP contribution in [-0.4, -0.2) is 18.8 Å². The first-order valence-electron chi connectivity index (χ1n) is 5.15. The number of hydrogen-bond acceptors (Lipinski definition) is 3. The third-order valence-corrected chi connectivity index (χ3v) is 3.46. The molecule has 94 valence electrons. The summed E-state index contributed by atoms with van der Waals surface area (Å²) in [6, 6.07) is 0. The van der Waals surface area contributed by atoms with Gasteiger partial charge < -0.3 is 13.6 Å². The molecule has 6 heteroatoms. The van der Waals surface area contributed by atoms with E-state index in [2.05, 4.69) is 41.2 Å². The van der Waals surface area contributed by atoms with Crippen LogP contribution in [0.15, 0.2) is 0 Å². The van der Waals surface area contributed by atoms with Crippen molar-refractivity contribution in [1.82, 2.24) is 0 Å². The van der Waals surface area contributed by atoms with Crippen LogP contribution in [0.5, 0.6) is 0 Å². The van der Waals surface area contributed by atoms with Crippen molar-refractivity contribution in [1.29, 1.82) is 0 Å². The molecule has 4 unspecified atom stereocenters. The van der Waals surface area contributed by atoms with E-state index in [9.17, 15) is 0 Å². The third-order valence-electron chi connectivity index (χ3n) is 2.49. The van der Waals surface area contributed by atoms with Gasteiger partial charge in [-0.3, -0.25) is 0 Å². The molecule has 0 rings (SSSR count). The summed E-state index contributed by atoms with van der Waals surface area (Å²) in [7, 11) is 6.83. The molecule has 0 aliphatic carbocycles. The molecule has 0 saturated carbocycles. The predicted octanol–water partition coefficient (Wildman–Crippen LogP) is 2.58. The van der Waals surface area contributed by atoms with Gasteiger partial charge in [0.05, 0.1) is 18.8 Å². The lowest BCUT2D eigenvalue weighted by molar-refractivity contribution is 0.0915. The minimum atomic E-state index is 0.0936. The van der Waals surface area contributed by atoms with Gasteiger partial charge in [-0.1, -0.05) is 6.92 Å². The highest BCUT2D eigenvalue weighted by molar-refractivity contribution is 7.10. The molecule has 3 nitrogen and oxygen atoms in total. The second kappa shape index (κ2) is 10.9. The monoisotopic (exact) mass is 282 g/mol. The smallest absolute Gasteiger partial charge is 0.0670 e. The summed E-state index contributed by atoms with van der Waals surface area (Å²) in [5.41, 5.74) is 0. The molecule has 0 aliphatic rings. The van der Waals surface area contributed by atoms with Gasteiger partial charge in [0.15, 0.2) is 0 Å². The highest BCUT2D eigenvalue weighted by Crippen LogP contribution is 2.22. The van der Waals surface area contributed by atoms with E-state index in [1.165, 1.54) is 0 Å². The van der Waals surface area contributed by atoms with E-state index in [1.54, 1.807) is 0 Å². The van der Waals surface area contributed by atoms with E-state index >= 15 is 0 Å². The van der Waals surface area contributed by atoms with Gasteiger partial charge in [-0.05, 0) is 12.3 Å². The van der Waals surface area contributed by atoms with Gasteiger partial charge in [-0.25, -0.2) is 0 Å². The quantitative estimate of drug-likeness (QED) is 0.480. The van der Waals surface area contributed by atoms with Crippen LogP contribution in [0.4, 0.5) is 0 Å². The van der Waals surface area contributed by atoms with Crippen molar-refractivity contribution in [2.24, 2.45) is 5.92 Å². The Morgan fingerprint density at radius 2 is 1.94 bits per heavy atom. The summed E-state index contributed by atoms with van der Waals surface area (Å²) in [4.78, 5) is 0. The maximum Gasteiger partial charge on any atom is 0.0670 e. The fraction of sp³-hybridized carbons (Fsp3) is 0.800. The Morgan fingerprint density at radius 1 is 1.25 bits per heavy atom. The molecule has 0 aliphatic heterocycles. The van der Waals surface area contributed by atoms with E-state index in [0.29, 0.717) is 18.9 Å². The van der Waals surface area contributed by atoms with E-state index in [0.717, 1.165) is 12.8 Å². The fourth-order valence-corrected chi connectivity index (χ4v) is 2.20. The van der Waals surface area contributed by atoms with Crippen molar-refractivity contribution in [3.05, 3.63) is 0 Å². The van der Waals surface area contributed by atoms with Gasteiger partial charge in [0.1, 0.15) is 0 Å². The van der Waals surface area contributed by atoms with E-state index < -0.39 is 0 Å². The molecule has 0 aromatic carbocycles. The average Bonchev–Trinajstić information content (AvgIpc) is 2.30. The lowest BCUT2D eigenvalue weighted by atomic mass is 9.95. The molecule has 0 fully saturated rings. The van der Waals surface area contributed by atoms with Gasteiger partial charge in [0.2, 0.25) is 0 Å². The molecule has 0 heterocycles. The molecule has 0 aromatic rings. The van der Waals surface area contributed by atoms with Gasteiger partial charge >= 0.3 is 0 Å². The third kappa shape index (κ3) is 7.13. The van der Waals surface area contributed by atoms with Crippen LogP contribution < -0.4 is 0 Å². The molecule has 0 amide bonds. The first-order chi connectivity index (χ1) is 7.69. The number of terminal acetylenes is 1. The van der Waals surface area contributed by atoms with Gasteiger partial charge in [0.25, 0.3) is 0 Å². The normalized spacial score (nSPS) is 16.4. The molecule has 0 aromatic heterocycles. The first kappa shape index (κ1) is 16.7. The van der Waals surface area contributed by atoms with E-state index in [4.69, 9.17) is 20.0 Å². The van der Waals surface area contributed by atoms with E-state index in [1.807, 2.05) is 0 Å².